The third-order valence-corrected chi connectivity index (χ3v) is 5.82. The molecule has 0 spiro atoms. The van der Waals surface area contributed by atoms with Crippen LogP contribution in [0.4, 0.5) is 0 Å². The summed E-state index contributed by atoms with van der Waals surface area (Å²) in [5.74, 6) is 0.558. The lowest BCUT2D eigenvalue weighted by Crippen LogP contribution is -2.57. The van der Waals surface area contributed by atoms with E-state index in [2.05, 4.69) is 23.1 Å². The number of methoxy groups -OCH3 is 2. The van der Waals surface area contributed by atoms with Crippen LogP contribution in [0, 0.1) is 0 Å². The first-order valence-electron chi connectivity index (χ1n) is 10.8. The summed E-state index contributed by atoms with van der Waals surface area (Å²) in [4.78, 5) is 11.5. The number of hydrazine groups is 2. The Morgan fingerprint density at radius 3 is 1.88 bits per heavy atom. The molecule has 3 aromatic rings. The molecular weight excluding hydrogens is 430 g/mol. The lowest BCUT2D eigenvalue weighted by atomic mass is 9.77. The molecule has 0 saturated heterocycles. The van der Waals surface area contributed by atoms with Gasteiger partial charge in [0.15, 0.2) is 0 Å². The van der Waals surface area contributed by atoms with E-state index in [-0.39, 0.29) is 12.1 Å². The first-order chi connectivity index (χ1) is 16.6. The third-order valence-electron chi connectivity index (χ3n) is 5.82. The van der Waals surface area contributed by atoms with Gasteiger partial charge < -0.3 is 14.6 Å². The molecule has 0 aliphatic carbocycles. The van der Waals surface area contributed by atoms with Crippen molar-refractivity contribution in [2.75, 3.05) is 20.8 Å². The Kier molecular flexibility index (Phi) is 6.96. The highest BCUT2D eigenvalue weighted by molar-refractivity contribution is 5.87. The average Bonchev–Trinajstić information content (AvgIpc) is 2.90. The maximum absolute atomic E-state index is 11.5. The molecule has 0 unspecified atom stereocenters. The van der Waals surface area contributed by atoms with Gasteiger partial charge in [-0.15, -0.1) is 0 Å². The van der Waals surface area contributed by atoms with Crippen LogP contribution in [0.15, 0.2) is 103 Å². The zero-order valence-electron chi connectivity index (χ0n) is 19.1. The molecule has 0 bridgehead atoms. The molecule has 3 aromatic carbocycles. The topological polar surface area (TPSA) is 83.1 Å². The van der Waals surface area contributed by atoms with Crippen LogP contribution in [0.5, 0.6) is 11.5 Å². The Labute approximate surface area is 198 Å². The number of rotatable bonds is 9. The van der Waals surface area contributed by atoms with Gasteiger partial charge in [0, 0.05) is 6.20 Å². The second-order valence-corrected chi connectivity index (χ2v) is 7.78. The molecule has 7 nitrogen and oxygen atoms in total. The molecule has 4 rings (SSSR count). The molecule has 1 aliphatic heterocycles. The predicted molar refractivity (Wildman–Crippen MR) is 130 cm³/mol. The fourth-order valence-corrected chi connectivity index (χ4v) is 4.01. The molecule has 7 heteroatoms. The Hall–Kier alpha value is -4.07. The van der Waals surface area contributed by atoms with Gasteiger partial charge in [-0.05, 0) is 53.1 Å². The highest BCUT2D eigenvalue weighted by Crippen LogP contribution is 2.37. The molecule has 0 aromatic heterocycles. The number of carboxylic acids is 1. The van der Waals surface area contributed by atoms with Crippen molar-refractivity contribution in [3.8, 4) is 11.5 Å². The molecule has 0 amide bonds. The zero-order chi connectivity index (χ0) is 24.0. The number of benzene rings is 3. The maximum Gasteiger partial charge on any atom is 0.333 e. The summed E-state index contributed by atoms with van der Waals surface area (Å²) in [5.41, 5.74) is 9.13. The number of nitrogens with zero attached hydrogens (tertiary/aromatic N) is 1. The van der Waals surface area contributed by atoms with E-state index in [9.17, 15) is 9.90 Å². The van der Waals surface area contributed by atoms with Gasteiger partial charge in [0.1, 0.15) is 17.0 Å². The number of nitrogens with one attached hydrogen (secondary N) is 2. The normalized spacial score (nSPS) is 13.4. The van der Waals surface area contributed by atoms with Crippen molar-refractivity contribution in [2.45, 2.75) is 5.54 Å². The van der Waals surface area contributed by atoms with Crippen molar-refractivity contribution in [1.82, 2.24) is 16.0 Å². The Balaban J connectivity index is 1.81. The molecule has 1 heterocycles. The van der Waals surface area contributed by atoms with E-state index in [1.165, 1.54) is 0 Å². The first kappa shape index (κ1) is 23.1. The van der Waals surface area contributed by atoms with Crippen LogP contribution in [0.3, 0.4) is 0 Å². The summed E-state index contributed by atoms with van der Waals surface area (Å²) < 4.78 is 10.8. The number of aliphatic carboxylic acids is 1. The molecule has 1 aliphatic rings. The molecule has 0 fully saturated rings. The maximum atomic E-state index is 11.5. The summed E-state index contributed by atoms with van der Waals surface area (Å²) in [6.07, 6.45) is 5.09. The van der Waals surface area contributed by atoms with Crippen molar-refractivity contribution >= 4 is 5.97 Å². The van der Waals surface area contributed by atoms with Crippen LogP contribution in [-0.2, 0) is 10.3 Å². The van der Waals surface area contributed by atoms with Gasteiger partial charge in [-0.25, -0.2) is 10.2 Å². The fourth-order valence-electron chi connectivity index (χ4n) is 4.01. The summed E-state index contributed by atoms with van der Waals surface area (Å²) >= 11 is 0. The number of allylic oxidation sites excluding steroid dienone is 2. The largest absolute Gasteiger partial charge is 0.497 e. The van der Waals surface area contributed by atoms with Crippen LogP contribution in [0.1, 0.15) is 16.7 Å². The number of hydrogen-bond acceptors (Lipinski definition) is 6. The van der Waals surface area contributed by atoms with E-state index < -0.39 is 11.5 Å². The first-order valence-corrected chi connectivity index (χ1v) is 10.8. The smallest absolute Gasteiger partial charge is 0.333 e. The lowest BCUT2D eigenvalue weighted by Gasteiger charge is -2.39. The van der Waals surface area contributed by atoms with Gasteiger partial charge in [-0.3, -0.25) is 5.01 Å². The van der Waals surface area contributed by atoms with E-state index in [0.29, 0.717) is 0 Å². The van der Waals surface area contributed by atoms with E-state index in [4.69, 9.17) is 9.47 Å². The number of carbonyl (C=O) groups is 1. The highest BCUT2D eigenvalue weighted by Gasteiger charge is 2.37. The molecule has 3 N–H and O–H groups in total. The van der Waals surface area contributed by atoms with Gasteiger partial charge in [-0.2, -0.15) is 5.53 Å². The van der Waals surface area contributed by atoms with Crippen LogP contribution in [-0.4, -0.2) is 36.8 Å². The summed E-state index contributed by atoms with van der Waals surface area (Å²) in [6.45, 7) is 0.203. The molecule has 34 heavy (non-hydrogen) atoms. The van der Waals surface area contributed by atoms with Crippen molar-refractivity contribution in [3.63, 3.8) is 0 Å². The van der Waals surface area contributed by atoms with Crippen molar-refractivity contribution in [2.24, 2.45) is 0 Å². The van der Waals surface area contributed by atoms with E-state index in [1.807, 2.05) is 66.7 Å². The monoisotopic (exact) mass is 457 g/mol. The number of hydrogen-bond donors (Lipinski definition) is 3. The molecule has 0 atom stereocenters. The highest BCUT2D eigenvalue weighted by atomic mass is 16.5. The van der Waals surface area contributed by atoms with Crippen LogP contribution < -0.4 is 20.4 Å². The standard InChI is InChI=1S/C27H27N3O4/c1-33-24-14-10-22(11-15-24)27(21-8-4-3-5-9-21,23-12-16-25(34-2)17-13-23)28-29-30-18-6-7-20(19-30)26(31)32/h3-18,28-29H,19H2,1-2H3,(H,31,32). The summed E-state index contributed by atoms with van der Waals surface area (Å²) in [5, 5.41) is 11.1. The van der Waals surface area contributed by atoms with Crippen LogP contribution in [0.25, 0.3) is 0 Å². The van der Waals surface area contributed by atoms with Crippen molar-refractivity contribution in [3.05, 3.63) is 119 Å². The quantitative estimate of drug-likeness (QED) is 0.333. The second-order valence-electron chi connectivity index (χ2n) is 7.78. The minimum absolute atomic E-state index is 0.203. The van der Waals surface area contributed by atoms with E-state index >= 15 is 0 Å². The van der Waals surface area contributed by atoms with Crippen molar-refractivity contribution in [1.29, 1.82) is 0 Å². The zero-order valence-corrected chi connectivity index (χ0v) is 19.1. The van der Waals surface area contributed by atoms with Gasteiger partial charge in [-0.1, -0.05) is 54.6 Å². The minimum atomic E-state index is -0.948. The SMILES string of the molecule is COc1ccc(C(NNN2C=CC=C(C(=O)O)C2)(c2ccccc2)c2ccc(OC)cc2)cc1. The number of ether oxygens (including phenoxy) is 2. The van der Waals surface area contributed by atoms with Gasteiger partial charge in [0.05, 0.1) is 26.3 Å². The predicted octanol–water partition coefficient (Wildman–Crippen LogP) is 3.85. The summed E-state index contributed by atoms with van der Waals surface area (Å²) in [7, 11) is 3.28. The lowest BCUT2D eigenvalue weighted by molar-refractivity contribution is -0.133. The number of carboxylic acid groups (broad SMARTS) is 1. The van der Waals surface area contributed by atoms with Gasteiger partial charge in [0.2, 0.25) is 0 Å². The summed E-state index contributed by atoms with van der Waals surface area (Å²) in [6, 6.07) is 25.8. The van der Waals surface area contributed by atoms with Gasteiger partial charge >= 0.3 is 5.97 Å². The fraction of sp³-hybridized carbons (Fsp3) is 0.148. The Morgan fingerprint density at radius 2 is 1.38 bits per heavy atom. The average molecular weight is 458 g/mol. The third kappa shape index (κ3) is 4.66. The van der Waals surface area contributed by atoms with E-state index in [0.717, 1.165) is 28.2 Å². The Morgan fingerprint density at radius 1 is 0.853 bits per heavy atom. The molecule has 0 saturated carbocycles. The Bertz CT molecular complexity index is 1130. The minimum Gasteiger partial charge on any atom is -0.497 e. The van der Waals surface area contributed by atoms with Crippen molar-refractivity contribution < 1.29 is 19.4 Å². The molecule has 0 radical (unpaired) electrons. The second kappa shape index (κ2) is 10.2. The van der Waals surface area contributed by atoms with E-state index in [1.54, 1.807) is 37.6 Å². The van der Waals surface area contributed by atoms with Crippen LogP contribution in [0.2, 0.25) is 0 Å². The molecule has 174 valence electrons. The molecular formula is C27H27N3O4. The van der Waals surface area contributed by atoms with Gasteiger partial charge in [0.25, 0.3) is 0 Å². The van der Waals surface area contributed by atoms with Crippen LogP contribution >= 0.6 is 0 Å².